The highest BCUT2D eigenvalue weighted by Gasteiger charge is 2.00. The highest BCUT2D eigenvalue weighted by atomic mass is 16.5. The van der Waals surface area contributed by atoms with Crippen LogP contribution in [0.15, 0.2) is 72.8 Å². The van der Waals surface area contributed by atoms with Gasteiger partial charge < -0.3 is 10.5 Å². The van der Waals surface area contributed by atoms with E-state index < -0.39 is 0 Å². The molecule has 3 aromatic rings. The number of aryl methyl sites for hydroxylation is 1. The van der Waals surface area contributed by atoms with E-state index in [4.69, 9.17) is 10.5 Å². The van der Waals surface area contributed by atoms with Crippen molar-refractivity contribution in [2.45, 2.75) is 20.1 Å². The van der Waals surface area contributed by atoms with Crippen molar-refractivity contribution in [3.63, 3.8) is 0 Å². The molecule has 0 aliphatic heterocycles. The predicted octanol–water partition coefficient (Wildman–Crippen LogP) is 4.70. The van der Waals surface area contributed by atoms with Crippen molar-refractivity contribution in [3.8, 4) is 16.9 Å². The predicted molar refractivity (Wildman–Crippen MR) is 95.3 cm³/mol. The summed E-state index contributed by atoms with van der Waals surface area (Å²) in [5.74, 6) is 0.878. The van der Waals surface area contributed by atoms with E-state index in [0.29, 0.717) is 13.2 Å². The molecule has 0 atom stereocenters. The van der Waals surface area contributed by atoms with E-state index in [1.54, 1.807) is 0 Å². The van der Waals surface area contributed by atoms with Gasteiger partial charge in [-0.1, -0.05) is 66.2 Å². The molecule has 0 bridgehead atoms. The number of hydrogen-bond acceptors (Lipinski definition) is 2. The number of hydrogen-bond donors (Lipinski definition) is 1. The summed E-state index contributed by atoms with van der Waals surface area (Å²) in [7, 11) is 0. The fourth-order valence-electron chi connectivity index (χ4n) is 2.43. The van der Waals surface area contributed by atoms with E-state index >= 15 is 0 Å². The molecule has 2 N–H and O–H groups in total. The van der Waals surface area contributed by atoms with Crippen LogP contribution < -0.4 is 10.5 Å². The van der Waals surface area contributed by atoms with Gasteiger partial charge in [-0.25, -0.2) is 0 Å². The molecule has 0 amide bonds. The highest BCUT2D eigenvalue weighted by molar-refractivity contribution is 5.64. The molecule has 0 unspecified atom stereocenters. The van der Waals surface area contributed by atoms with E-state index in [-0.39, 0.29) is 0 Å². The lowest BCUT2D eigenvalue weighted by atomic mass is 10.0. The Morgan fingerprint density at radius 1 is 0.696 bits per heavy atom. The van der Waals surface area contributed by atoms with Gasteiger partial charge in [0.25, 0.3) is 0 Å². The standard InChI is InChI=1S/C21H21NO/c1-16-2-8-19(9-3-16)20-10-12-21(13-11-20)23-15-18-6-4-17(14-22)5-7-18/h2-13H,14-15,22H2,1H3. The number of rotatable bonds is 5. The first-order chi connectivity index (χ1) is 11.2. The smallest absolute Gasteiger partial charge is 0.119 e. The van der Waals surface area contributed by atoms with Crippen LogP contribution in [0.5, 0.6) is 5.75 Å². The summed E-state index contributed by atoms with van der Waals surface area (Å²) in [5.41, 5.74) is 11.6. The molecular formula is C21H21NO. The van der Waals surface area contributed by atoms with Gasteiger partial charge in [0.2, 0.25) is 0 Å². The second-order valence-electron chi connectivity index (χ2n) is 5.70. The lowest BCUT2D eigenvalue weighted by molar-refractivity contribution is 0.306. The molecule has 0 heterocycles. The van der Waals surface area contributed by atoms with E-state index in [9.17, 15) is 0 Å². The van der Waals surface area contributed by atoms with Crippen LogP contribution in [0.25, 0.3) is 11.1 Å². The summed E-state index contributed by atoms with van der Waals surface area (Å²) in [6.07, 6.45) is 0. The highest BCUT2D eigenvalue weighted by Crippen LogP contribution is 2.23. The quantitative estimate of drug-likeness (QED) is 0.741. The first kappa shape index (κ1) is 15.3. The maximum absolute atomic E-state index is 5.84. The maximum atomic E-state index is 5.84. The number of benzene rings is 3. The maximum Gasteiger partial charge on any atom is 0.119 e. The molecule has 23 heavy (non-hydrogen) atoms. The van der Waals surface area contributed by atoms with Crippen LogP contribution in [0, 0.1) is 6.92 Å². The summed E-state index contributed by atoms with van der Waals surface area (Å²) in [6, 6.07) is 25.0. The molecule has 0 fully saturated rings. The Morgan fingerprint density at radius 3 is 1.78 bits per heavy atom. The molecule has 0 aliphatic rings. The topological polar surface area (TPSA) is 35.2 Å². The molecule has 3 rings (SSSR count). The lowest BCUT2D eigenvalue weighted by Crippen LogP contribution is -1.98. The summed E-state index contributed by atoms with van der Waals surface area (Å²) in [5, 5.41) is 0. The molecule has 0 aliphatic carbocycles. The van der Waals surface area contributed by atoms with Crippen LogP contribution in [0.1, 0.15) is 16.7 Å². The van der Waals surface area contributed by atoms with Crippen molar-refractivity contribution in [2.75, 3.05) is 0 Å². The van der Waals surface area contributed by atoms with Crippen molar-refractivity contribution in [1.29, 1.82) is 0 Å². The Kier molecular flexibility index (Phi) is 4.74. The Morgan fingerprint density at radius 2 is 1.22 bits per heavy atom. The van der Waals surface area contributed by atoms with Crippen LogP contribution in [-0.2, 0) is 13.2 Å². The SMILES string of the molecule is Cc1ccc(-c2ccc(OCc3ccc(CN)cc3)cc2)cc1. The van der Waals surface area contributed by atoms with Crippen LogP contribution in [-0.4, -0.2) is 0 Å². The molecule has 0 saturated heterocycles. The van der Waals surface area contributed by atoms with Crippen molar-refractivity contribution in [2.24, 2.45) is 5.73 Å². The van der Waals surface area contributed by atoms with Crippen LogP contribution in [0.4, 0.5) is 0 Å². The first-order valence-corrected chi connectivity index (χ1v) is 7.82. The van der Waals surface area contributed by atoms with Crippen molar-refractivity contribution < 1.29 is 4.74 Å². The fourth-order valence-corrected chi connectivity index (χ4v) is 2.43. The minimum Gasteiger partial charge on any atom is -0.489 e. The minimum atomic E-state index is 0.564. The van der Waals surface area contributed by atoms with E-state index in [1.165, 1.54) is 16.7 Å². The van der Waals surface area contributed by atoms with Gasteiger partial charge in [-0.2, -0.15) is 0 Å². The third-order valence-electron chi connectivity index (χ3n) is 3.90. The average molecular weight is 303 g/mol. The van der Waals surface area contributed by atoms with Gasteiger partial charge in [-0.15, -0.1) is 0 Å². The molecule has 2 heteroatoms. The number of ether oxygens (including phenoxy) is 1. The Labute approximate surface area is 137 Å². The second kappa shape index (κ2) is 7.12. The van der Waals surface area contributed by atoms with Crippen molar-refractivity contribution >= 4 is 0 Å². The van der Waals surface area contributed by atoms with Crippen LogP contribution >= 0.6 is 0 Å². The van der Waals surface area contributed by atoms with E-state index in [2.05, 4.69) is 55.5 Å². The fraction of sp³-hybridized carbons (Fsp3) is 0.143. The third kappa shape index (κ3) is 3.99. The lowest BCUT2D eigenvalue weighted by Gasteiger charge is -2.08. The normalized spacial score (nSPS) is 10.5. The third-order valence-corrected chi connectivity index (χ3v) is 3.90. The summed E-state index contributed by atoms with van der Waals surface area (Å²) in [4.78, 5) is 0. The van der Waals surface area contributed by atoms with Gasteiger partial charge >= 0.3 is 0 Å². The first-order valence-electron chi connectivity index (χ1n) is 7.82. The zero-order valence-corrected chi connectivity index (χ0v) is 13.3. The summed E-state index contributed by atoms with van der Waals surface area (Å²) >= 11 is 0. The largest absolute Gasteiger partial charge is 0.489 e. The monoisotopic (exact) mass is 303 g/mol. The molecule has 0 saturated carbocycles. The zero-order valence-electron chi connectivity index (χ0n) is 13.3. The van der Waals surface area contributed by atoms with Crippen molar-refractivity contribution in [1.82, 2.24) is 0 Å². The molecular weight excluding hydrogens is 282 g/mol. The van der Waals surface area contributed by atoms with Gasteiger partial charge in [-0.05, 0) is 41.3 Å². The summed E-state index contributed by atoms with van der Waals surface area (Å²) in [6.45, 7) is 3.23. The molecule has 116 valence electrons. The molecule has 0 radical (unpaired) electrons. The Hall–Kier alpha value is -2.58. The Balaban J connectivity index is 1.64. The Bertz CT molecular complexity index is 743. The van der Waals surface area contributed by atoms with Gasteiger partial charge in [0, 0.05) is 6.54 Å². The molecule has 2 nitrogen and oxygen atoms in total. The number of nitrogens with two attached hydrogens (primary N) is 1. The van der Waals surface area contributed by atoms with Crippen LogP contribution in [0.2, 0.25) is 0 Å². The van der Waals surface area contributed by atoms with Gasteiger partial charge in [0.05, 0.1) is 0 Å². The van der Waals surface area contributed by atoms with Gasteiger partial charge in [-0.3, -0.25) is 0 Å². The van der Waals surface area contributed by atoms with E-state index in [0.717, 1.165) is 16.9 Å². The molecule has 3 aromatic carbocycles. The zero-order chi connectivity index (χ0) is 16.1. The average Bonchev–Trinajstić information content (AvgIpc) is 2.61. The van der Waals surface area contributed by atoms with Crippen molar-refractivity contribution in [3.05, 3.63) is 89.5 Å². The molecule has 0 aromatic heterocycles. The van der Waals surface area contributed by atoms with Gasteiger partial charge in [0.1, 0.15) is 12.4 Å². The minimum absolute atomic E-state index is 0.564. The van der Waals surface area contributed by atoms with E-state index in [1.807, 2.05) is 24.3 Å². The van der Waals surface area contributed by atoms with Crippen LogP contribution in [0.3, 0.4) is 0 Å². The molecule has 0 spiro atoms. The summed E-state index contributed by atoms with van der Waals surface area (Å²) < 4.78 is 5.84. The second-order valence-corrected chi connectivity index (χ2v) is 5.70. The van der Waals surface area contributed by atoms with Gasteiger partial charge in [0.15, 0.2) is 0 Å².